The smallest absolute Gasteiger partial charge is 0.143 e. The molecule has 0 saturated carbocycles. The third kappa shape index (κ3) is 4.96. The zero-order chi connectivity index (χ0) is 37.5. The SMILES string of the molecule is c1ccc(N(c2ccc3c(c2)oc2ccccc23)c2cc(N(c3ccccc3)c3ccc4oc5ccccc5c4c3)c3c(c2)oc2c4ccccc4ccc23)cc1. The molecule has 0 bridgehead atoms. The van der Waals surface area contributed by atoms with Crippen molar-refractivity contribution in [3.8, 4) is 0 Å². The van der Waals surface area contributed by atoms with Crippen LogP contribution in [0, 0.1) is 0 Å². The number of furan rings is 3. The normalized spacial score (nSPS) is 11.9. The van der Waals surface area contributed by atoms with E-state index in [2.05, 4.69) is 180 Å². The van der Waals surface area contributed by atoms with E-state index >= 15 is 0 Å². The van der Waals surface area contributed by atoms with Crippen molar-refractivity contribution < 1.29 is 13.3 Å². The second-order valence-corrected chi connectivity index (χ2v) is 14.5. The standard InChI is InChI=1S/C52H32N2O3/c1-3-14-34(15-4-1)53(37-24-27-42-40-19-9-11-21-46(40)56-49(42)31-37)38-30-45(51-43-26-23-33-13-7-8-18-39(33)52(43)57-50(51)32-38)54(35-16-5-2-6-17-35)36-25-28-48-44(29-36)41-20-10-12-22-47(41)55-48/h1-32H. The van der Waals surface area contributed by atoms with Gasteiger partial charge in [-0.1, -0.05) is 103 Å². The van der Waals surface area contributed by atoms with E-state index in [1.807, 2.05) is 24.3 Å². The minimum Gasteiger partial charge on any atom is -0.456 e. The summed E-state index contributed by atoms with van der Waals surface area (Å²) >= 11 is 0. The van der Waals surface area contributed by atoms with Gasteiger partial charge in [-0.3, -0.25) is 0 Å². The van der Waals surface area contributed by atoms with Crippen molar-refractivity contribution >= 4 is 111 Å². The van der Waals surface area contributed by atoms with Crippen molar-refractivity contribution in [1.82, 2.24) is 0 Å². The van der Waals surface area contributed by atoms with Crippen molar-refractivity contribution in [2.45, 2.75) is 0 Å². The topological polar surface area (TPSA) is 45.9 Å². The number of hydrogen-bond acceptors (Lipinski definition) is 5. The highest BCUT2D eigenvalue weighted by Crippen LogP contribution is 2.49. The van der Waals surface area contributed by atoms with Crippen LogP contribution in [0.25, 0.3) is 76.6 Å². The number of para-hydroxylation sites is 4. The van der Waals surface area contributed by atoms with Gasteiger partial charge in [0.1, 0.15) is 33.5 Å². The summed E-state index contributed by atoms with van der Waals surface area (Å²) in [7, 11) is 0. The molecule has 57 heavy (non-hydrogen) atoms. The minimum absolute atomic E-state index is 0.787. The van der Waals surface area contributed by atoms with Crippen molar-refractivity contribution in [2.24, 2.45) is 0 Å². The summed E-state index contributed by atoms with van der Waals surface area (Å²) in [5.74, 6) is 0. The molecule has 9 aromatic carbocycles. The second-order valence-electron chi connectivity index (χ2n) is 14.5. The highest BCUT2D eigenvalue weighted by molar-refractivity contribution is 6.21. The average Bonchev–Trinajstić information content (AvgIpc) is 3.96. The zero-order valence-electron chi connectivity index (χ0n) is 30.6. The first-order valence-electron chi connectivity index (χ1n) is 19.2. The van der Waals surface area contributed by atoms with E-state index in [0.29, 0.717) is 0 Å². The van der Waals surface area contributed by atoms with E-state index in [0.717, 1.165) is 111 Å². The molecule has 0 aliphatic carbocycles. The average molecular weight is 733 g/mol. The Kier molecular flexibility index (Phi) is 6.86. The molecule has 3 aromatic heterocycles. The summed E-state index contributed by atoms with van der Waals surface area (Å²) in [5, 5.41) is 8.61. The summed E-state index contributed by atoms with van der Waals surface area (Å²) in [6, 6.07) is 67.8. The van der Waals surface area contributed by atoms with Crippen molar-refractivity contribution in [2.75, 3.05) is 9.80 Å². The lowest BCUT2D eigenvalue weighted by atomic mass is 10.0. The van der Waals surface area contributed by atoms with Crippen LogP contribution < -0.4 is 9.80 Å². The Bertz CT molecular complexity index is 3490. The highest BCUT2D eigenvalue weighted by Gasteiger charge is 2.25. The summed E-state index contributed by atoms with van der Waals surface area (Å²) < 4.78 is 19.8. The van der Waals surface area contributed by atoms with Gasteiger partial charge in [0.05, 0.1) is 16.8 Å². The van der Waals surface area contributed by atoms with Gasteiger partial charge in [-0.15, -0.1) is 0 Å². The lowest BCUT2D eigenvalue weighted by Crippen LogP contribution is -2.13. The van der Waals surface area contributed by atoms with Crippen LogP contribution >= 0.6 is 0 Å². The van der Waals surface area contributed by atoms with E-state index in [9.17, 15) is 0 Å². The molecule has 5 nitrogen and oxygen atoms in total. The minimum atomic E-state index is 0.787. The summed E-state index contributed by atoms with van der Waals surface area (Å²) in [6.45, 7) is 0. The van der Waals surface area contributed by atoms with E-state index in [1.54, 1.807) is 0 Å². The number of fused-ring (bicyclic) bond motifs is 11. The van der Waals surface area contributed by atoms with Gasteiger partial charge in [0, 0.05) is 67.2 Å². The fourth-order valence-electron chi connectivity index (χ4n) is 8.64. The maximum atomic E-state index is 7.03. The Balaban J connectivity index is 1.17. The molecule has 12 aromatic rings. The lowest BCUT2D eigenvalue weighted by molar-refractivity contribution is 0.668. The van der Waals surface area contributed by atoms with Gasteiger partial charge in [0.25, 0.3) is 0 Å². The van der Waals surface area contributed by atoms with Gasteiger partial charge >= 0.3 is 0 Å². The summed E-state index contributed by atoms with van der Waals surface area (Å²) in [6.07, 6.45) is 0. The quantitative estimate of drug-likeness (QED) is 0.170. The molecule has 0 N–H and O–H groups in total. The molecule has 0 atom stereocenters. The zero-order valence-corrected chi connectivity index (χ0v) is 30.6. The van der Waals surface area contributed by atoms with E-state index < -0.39 is 0 Å². The predicted molar refractivity (Wildman–Crippen MR) is 235 cm³/mol. The van der Waals surface area contributed by atoms with Crippen LogP contribution in [0.15, 0.2) is 207 Å². The monoisotopic (exact) mass is 732 g/mol. The third-order valence-corrected chi connectivity index (χ3v) is 11.2. The molecule has 12 rings (SSSR count). The lowest BCUT2D eigenvalue weighted by Gasteiger charge is -2.30. The van der Waals surface area contributed by atoms with Crippen LogP contribution in [-0.4, -0.2) is 0 Å². The van der Waals surface area contributed by atoms with Crippen LogP contribution in [-0.2, 0) is 0 Å². The molecule has 0 aliphatic heterocycles. The van der Waals surface area contributed by atoms with E-state index in [1.165, 1.54) is 0 Å². The van der Waals surface area contributed by atoms with Crippen LogP contribution in [0.3, 0.4) is 0 Å². The Morgan fingerprint density at radius 1 is 0.281 bits per heavy atom. The number of benzene rings is 9. The number of anilines is 6. The molecular formula is C52H32N2O3. The molecule has 0 amide bonds. The van der Waals surface area contributed by atoms with Gasteiger partial charge in [0.15, 0.2) is 0 Å². The number of hydrogen-bond donors (Lipinski definition) is 0. The van der Waals surface area contributed by atoms with Crippen LogP contribution in [0.1, 0.15) is 0 Å². The number of nitrogens with zero attached hydrogens (tertiary/aromatic N) is 2. The molecule has 0 spiro atoms. The molecule has 0 saturated heterocycles. The fraction of sp³-hybridized carbons (Fsp3) is 0. The molecule has 0 aliphatic rings. The second kappa shape index (κ2) is 12.4. The van der Waals surface area contributed by atoms with Gasteiger partial charge in [-0.25, -0.2) is 0 Å². The Morgan fingerprint density at radius 2 is 0.825 bits per heavy atom. The Labute approximate surface area is 326 Å². The van der Waals surface area contributed by atoms with Gasteiger partial charge in [-0.2, -0.15) is 0 Å². The van der Waals surface area contributed by atoms with Gasteiger partial charge < -0.3 is 23.1 Å². The van der Waals surface area contributed by atoms with Crippen molar-refractivity contribution in [3.63, 3.8) is 0 Å². The third-order valence-electron chi connectivity index (χ3n) is 11.2. The molecule has 0 radical (unpaired) electrons. The van der Waals surface area contributed by atoms with E-state index in [-0.39, 0.29) is 0 Å². The van der Waals surface area contributed by atoms with E-state index in [4.69, 9.17) is 13.3 Å². The molecule has 0 fully saturated rings. The number of rotatable bonds is 6. The first-order chi connectivity index (χ1) is 28.2. The van der Waals surface area contributed by atoms with Gasteiger partial charge in [0.2, 0.25) is 0 Å². The first-order valence-corrected chi connectivity index (χ1v) is 19.2. The fourth-order valence-corrected chi connectivity index (χ4v) is 8.64. The Morgan fingerprint density at radius 3 is 1.60 bits per heavy atom. The van der Waals surface area contributed by atoms with Crippen molar-refractivity contribution in [1.29, 1.82) is 0 Å². The summed E-state index contributed by atoms with van der Waals surface area (Å²) in [4.78, 5) is 4.64. The van der Waals surface area contributed by atoms with Crippen LogP contribution in [0.2, 0.25) is 0 Å². The first kappa shape index (κ1) is 31.6. The van der Waals surface area contributed by atoms with Crippen LogP contribution in [0.4, 0.5) is 34.1 Å². The molecule has 5 heteroatoms. The maximum Gasteiger partial charge on any atom is 0.143 e. The van der Waals surface area contributed by atoms with Gasteiger partial charge in [-0.05, 0) is 84.2 Å². The molecule has 268 valence electrons. The van der Waals surface area contributed by atoms with Crippen LogP contribution in [0.5, 0.6) is 0 Å². The van der Waals surface area contributed by atoms with Crippen molar-refractivity contribution in [3.05, 3.63) is 194 Å². The highest BCUT2D eigenvalue weighted by atomic mass is 16.3. The largest absolute Gasteiger partial charge is 0.456 e. The predicted octanol–water partition coefficient (Wildman–Crippen LogP) is 15.5. The molecular weight excluding hydrogens is 701 g/mol. The maximum absolute atomic E-state index is 7.03. The Hall–Kier alpha value is -7.76. The summed E-state index contributed by atoms with van der Waals surface area (Å²) in [5.41, 5.74) is 11.0. The molecule has 3 heterocycles. The molecule has 0 unspecified atom stereocenters.